The summed E-state index contributed by atoms with van der Waals surface area (Å²) in [5, 5.41) is 12.2. The lowest BCUT2D eigenvalue weighted by Crippen LogP contribution is -2.23. The fourth-order valence-corrected chi connectivity index (χ4v) is 4.22. The maximum atomic E-state index is 12.8. The molecule has 32 heavy (non-hydrogen) atoms. The molecule has 9 nitrogen and oxygen atoms in total. The number of rotatable bonds is 4. The molecule has 3 heterocycles. The second-order valence-corrected chi connectivity index (χ2v) is 8.51. The van der Waals surface area contributed by atoms with Crippen molar-refractivity contribution in [1.29, 1.82) is 0 Å². The molecule has 3 aromatic heterocycles. The number of fused-ring (bicyclic) bond motifs is 1. The summed E-state index contributed by atoms with van der Waals surface area (Å²) in [4.78, 5) is 32.9. The van der Waals surface area contributed by atoms with Crippen LogP contribution in [0.2, 0.25) is 0 Å². The fraction of sp³-hybridized carbons (Fsp3) is 0.348. The van der Waals surface area contributed by atoms with Crippen LogP contribution in [-0.2, 0) is 4.79 Å². The van der Waals surface area contributed by atoms with E-state index in [1.165, 1.54) is 16.4 Å². The molecule has 0 bridgehead atoms. The molecular formula is C23H25N7O2. The van der Waals surface area contributed by atoms with E-state index in [-0.39, 0.29) is 23.3 Å². The van der Waals surface area contributed by atoms with Gasteiger partial charge in [-0.3, -0.25) is 14.6 Å². The number of carbonyl (C=O) groups excluding carboxylic acids is 1. The van der Waals surface area contributed by atoms with Gasteiger partial charge in [0.05, 0.1) is 17.6 Å². The number of amides is 1. The van der Waals surface area contributed by atoms with E-state index in [1.807, 2.05) is 39.0 Å². The zero-order valence-electron chi connectivity index (χ0n) is 18.3. The fourth-order valence-electron chi connectivity index (χ4n) is 4.22. The van der Waals surface area contributed by atoms with Gasteiger partial charge in [-0.2, -0.15) is 19.9 Å². The predicted octanol–water partition coefficient (Wildman–Crippen LogP) is 3.35. The van der Waals surface area contributed by atoms with Gasteiger partial charge in [-0.15, -0.1) is 0 Å². The van der Waals surface area contributed by atoms with E-state index in [0.717, 1.165) is 36.9 Å². The Bertz CT molecular complexity index is 1390. The van der Waals surface area contributed by atoms with Gasteiger partial charge in [0.1, 0.15) is 11.2 Å². The number of nitrogens with zero attached hydrogens (tertiary/aromatic N) is 5. The maximum Gasteiger partial charge on any atom is 0.263 e. The van der Waals surface area contributed by atoms with E-state index in [2.05, 4.69) is 25.5 Å². The second-order valence-electron chi connectivity index (χ2n) is 8.51. The second kappa shape index (κ2) is 7.74. The SMILES string of the molecule is Cc1cc(NC(=O)C2CCCC2)n(-c2nc3c(cnn3-c3ccc(C)c(C)c3)c(=O)[nH]2)n1. The Kier molecular flexibility index (Phi) is 4.88. The highest BCUT2D eigenvalue weighted by Crippen LogP contribution is 2.26. The smallest absolute Gasteiger partial charge is 0.263 e. The number of aryl methyl sites for hydroxylation is 3. The van der Waals surface area contributed by atoms with Crippen LogP contribution in [0.1, 0.15) is 42.5 Å². The third-order valence-electron chi connectivity index (χ3n) is 6.17. The molecule has 0 aliphatic heterocycles. The standard InChI is InChI=1S/C23H25N7O2/c1-13-8-9-17(10-14(13)2)29-20-18(12-24-29)22(32)27-23(26-20)30-19(11-15(3)28-30)25-21(31)16-6-4-5-7-16/h8-12,16H,4-7H2,1-3H3,(H,25,31)(H,26,27,32). The first-order valence-corrected chi connectivity index (χ1v) is 10.8. The van der Waals surface area contributed by atoms with Gasteiger partial charge in [0.25, 0.3) is 5.56 Å². The van der Waals surface area contributed by atoms with E-state index in [9.17, 15) is 9.59 Å². The van der Waals surface area contributed by atoms with Crippen molar-refractivity contribution in [2.45, 2.75) is 46.5 Å². The lowest BCUT2D eigenvalue weighted by molar-refractivity contribution is -0.119. The molecular weight excluding hydrogens is 406 g/mol. The highest BCUT2D eigenvalue weighted by atomic mass is 16.2. The normalized spacial score (nSPS) is 14.3. The molecule has 4 aromatic rings. The van der Waals surface area contributed by atoms with Gasteiger partial charge in [-0.05, 0) is 56.9 Å². The summed E-state index contributed by atoms with van der Waals surface area (Å²) in [5.74, 6) is 0.702. The van der Waals surface area contributed by atoms with Crippen LogP contribution in [0.3, 0.4) is 0 Å². The Balaban J connectivity index is 1.59. The third kappa shape index (κ3) is 3.49. The zero-order valence-corrected chi connectivity index (χ0v) is 18.3. The number of nitrogens with one attached hydrogen (secondary N) is 2. The third-order valence-corrected chi connectivity index (χ3v) is 6.17. The van der Waals surface area contributed by atoms with Gasteiger partial charge < -0.3 is 5.32 Å². The van der Waals surface area contributed by atoms with Crippen molar-refractivity contribution < 1.29 is 4.79 Å². The molecule has 0 atom stereocenters. The number of aromatic nitrogens is 6. The van der Waals surface area contributed by atoms with Crippen LogP contribution in [-0.4, -0.2) is 35.4 Å². The van der Waals surface area contributed by atoms with E-state index in [1.54, 1.807) is 10.7 Å². The van der Waals surface area contributed by atoms with Crippen molar-refractivity contribution in [2.24, 2.45) is 5.92 Å². The Morgan fingerprint density at radius 3 is 2.62 bits per heavy atom. The Labute approximate surface area is 184 Å². The van der Waals surface area contributed by atoms with Crippen molar-refractivity contribution in [3.05, 3.63) is 57.6 Å². The number of H-pyrrole nitrogens is 1. The van der Waals surface area contributed by atoms with Crippen molar-refractivity contribution in [3.8, 4) is 11.6 Å². The number of anilines is 1. The Hall–Kier alpha value is -3.75. The Morgan fingerprint density at radius 2 is 1.88 bits per heavy atom. The minimum atomic E-state index is -0.318. The minimum absolute atomic E-state index is 0.0133. The highest BCUT2D eigenvalue weighted by Gasteiger charge is 2.24. The van der Waals surface area contributed by atoms with Crippen LogP contribution >= 0.6 is 0 Å². The summed E-state index contributed by atoms with van der Waals surface area (Å²) in [7, 11) is 0. The zero-order chi connectivity index (χ0) is 22.4. The summed E-state index contributed by atoms with van der Waals surface area (Å²) in [6, 6.07) is 7.75. The molecule has 1 fully saturated rings. The van der Waals surface area contributed by atoms with Crippen LogP contribution in [0, 0.1) is 26.7 Å². The van der Waals surface area contributed by atoms with Gasteiger partial charge >= 0.3 is 0 Å². The predicted molar refractivity (Wildman–Crippen MR) is 121 cm³/mol. The topological polar surface area (TPSA) is 110 Å². The average Bonchev–Trinajstić information content (AvgIpc) is 3.50. The number of hydrogen-bond acceptors (Lipinski definition) is 5. The number of hydrogen-bond donors (Lipinski definition) is 2. The highest BCUT2D eigenvalue weighted by molar-refractivity contribution is 5.92. The van der Waals surface area contributed by atoms with E-state index < -0.39 is 0 Å². The van der Waals surface area contributed by atoms with E-state index in [0.29, 0.717) is 22.5 Å². The van der Waals surface area contributed by atoms with Gasteiger partial charge in [-0.1, -0.05) is 18.9 Å². The molecule has 9 heteroatoms. The van der Waals surface area contributed by atoms with Crippen LogP contribution in [0.5, 0.6) is 0 Å². The number of carbonyl (C=O) groups is 1. The molecule has 1 aliphatic rings. The van der Waals surface area contributed by atoms with E-state index >= 15 is 0 Å². The molecule has 1 saturated carbocycles. The van der Waals surface area contributed by atoms with Crippen molar-refractivity contribution in [2.75, 3.05) is 5.32 Å². The van der Waals surface area contributed by atoms with Gasteiger partial charge in [0.15, 0.2) is 5.65 Å². The van der Waals surface area contributed by atoms with E-state index in [4.69, 9.17) is 0 Å². The molecule has 1 amide bonds. The molecule has 0 radical (unpaired) electrons. The minimum Gasteiger partial charge on any atom is -0.310 e. The van der Waals surface area contributed by atoms with Crippen LogP contribution < -0.4 is 10.9 Å². The van der Waals surface area contributed by atoms with Crippen molar-refractivity contribution in [1.82, 2.24) is 29.5 Å². The first kappa shape index (κ1) is 20.2. The van der Waals surface area contributed by atoms with Gasteiger partial charge in [0.2, 0.25) is 11.9 Å². The maximum absolute atomic E-state index is 12.8. The molecule has 0 saturated heterocycles. The van der Waals surface area contributed by atoms with Gasteiger partial charge in [0, 0.05) is 12.0 Å². The summed E-state index contributed by atoms with van der Waals surface area (Å²) >= 11 is 0. The average molecular weight is 432 g/mol. The molecule has 164 valence electrons. The number of benzene rings is 1. The molecule has 5 rings (SSSR count). The van der Waals surface area contributed by atoms with Crippen LogP contribution in [0.4, 0.5) is 5.82 Å². The molecule has 1 aliphatic carbocycles. The van der Waals surface area contributed by atoms with Crippen LogP contribution in [0.25, 0.3) is 22.7 Å². The quantitative estimate of drug-likeness (QED) is 0.515. The number of aromatic amines is 1. The molecule has 0 spiro atoms. The molecule has 0 unspecified atom stereocenters. The lowest BCUT2D eigenvalue weighted by atomic mass is 10.1. The summed E-state index contributed by atoms with van der Waals surface area (Å²) < 4.78 is 3.12. The van der Waals surface area contributed by atoms with Crippen molar-refractivity contribution in [3.63, 3.8) is 0 Å². The van der Waals surface area contributed by atoms with Gasteiger partial charge in [-0.25, -0.2) is 4.68 Å². The molecule has 2 N–H and O–H groups in total. The first-order chi connectivity index (χ1) is 15.4. The van der Waals surface area contributed by atoms with Crippen molar-refractivity contribution >= 4 is 22.8 Å². The summed E-state index contributed by atoms with van der Waals surface area (Å²) in [6.07, 6.45) is 5.45. The molecule has 1 aromatic carbocycles. The van der Waals surface area contributed by atoms with Crippen LogP contribution in [0.15, 0.2) is 35.3 Å². The largest absolute Gasteiger partial charge is 0.310 e. The summed E-state index contributed by atoms with van der Waals surface area (Å²) in [5.41, 5.74) is 3.92. The monoisotopic (exact) mass is 431 g/mol. The Morgan fingerprint density at radius 1 is 1.09 bits per heavy atom. The lowest BCUT2D eigenvalue weighted by Gasteiger charge is -2.12. The summed E-state index contributed by atoms with van der Waals surface area (Å²) in [6.45, 7) is 5.91. The first-order valence-electron chi connectivity index (χ1n) is 10.8.